The molecular weight excluding hydrogens is 430 g/mol. The summed E-state index contributed by atoms with van der Waals surface area (Å²) in [7, 11) is 0. The lowest BCUT2D eigenvalue weighted by Gasteiger charge is -2.07. The molecule has 0 aromatic carbocycles. The number of aromatic nitrogens is 1. The summed E-state index contributed by atoms with van der Waals surface area (Å²) in [4.78, 5) is 33.0. The molecule has 0 fully saturated rings. The van der Waals surface area contributed by atoms with Crippen molar-refractivity contribution >= 4 is 55.5 Å². The van der Waals surface area contributed by atoms with Crippen molar-refractivity contribution in [2.75, 3.05) is 17.7 Å². The molecule has 1 amide bonds. The van der Waals surface area contributed by atoms with Crippen LogP contribution in [-0.2, 0) is 30.4 Å². The number of nitrogens with one attached hydrogen (secondary N) is 1. The van der Waals surface area contributed by atoms with Gasteiger partial charge in [-0.2, -0.15) is 0 Å². The van der Waals surface area contributed by atoms with E-state index in [0.29, 0.717) is 27.7 Å². The molecule has 31 heavy (non-hydrogen) atoms. The molecule has 5 rings (SSSR count). The van der Waals surface area contributed by atoms with Crippen molar-refractivity contribution in [3.8, 4) is 0 Å². The van der Waals surface area contributed by atoms with Gasteiger partial charge in [-0.15, -0.1) is 22.7 Å². The molecule has 3 heterocycles. The molecule has 2 aliphatic rings. The summed E-state index contributed by atoms with van der Waals surface area (Å²) in [6.07, 6.45) is 8.34. The number of amides is 1. The van der Waals surface area contributed by atoms with Crippen molar-refractivity contribution in [2.45, 2.75) is 58.3 Å². The van der Waals surface area contributed by atoms with Crippen LogP contribution in [-0.4, -0.2) is 23.5 Å². The number of hydrogen-bond donors (Lipinski definition) is 2. The maximum atomic E-state index is 13.2. The van der Waals surface area contributed by atoms with Gasteiger partial charge in [-0.25, -0.2) is 9.78 Å². The van der Waals surface area contributed by atoms with E-state index < -0.39 is 0 Å². The number of carbonyl (C=O) groups excluding carboxylic acids is 2. The molecule has 0 saturated carbocycles. The lowest BCUT2D eigenvalue weighted by molar-refractivity contribution is 0.0527. The van der Waals surface area contributed by atoms with Gasteiger partial charge in [0.15, 0.2) is 0 Å². The molecule has 0 aliphatic heterocycles. The molecule has 3 aromatic rings. The van der Waals surface area contributed by atoms with Crippen LogP contribution < -0.4 is 11.1 Å². The van der Waals surface area contributed by atoms with Crippen LogP contribution in [0.25, 0.3) is 10.2 Å². The number of nitrogens with zero attached hydrogens (tertiary/aromatic N) is 1. The average Bonchev–Trinajstić information content (AvgIpc) is 3.35. The van der Waals surface area contributed by atoms with Crippen molar-refractivity contribution in [1.29, 1.82) is 0 Å². The van der Waals surface area contributed by atoms with Crippen molar-refractivity contribution in [1.82, 2.24) is 4.98 Å². The maximum absolute atomic E-state index is 13.2. The topological polar surface area (TPSA) is 94.3 Å². The molecule has 2 aliphatic carbocycles. The van der Waals surface area contributed by atoms with Crippen LogP contribution in [0.15, 0.2) is 6.07 Å². The number of carbonyl (C=O) groups is 2. The van der Waals surface area contributed by atoms with Gasteiger partial charge in [0.1, 0.15) is 14.7 Å². The largest absolute Gasteiger partial charge is 0.462 e. The number of anilines is 2. The molecule has 162 valence electrons. The molecule has 0 bridgehead atoms. The molecule has 0 atom stereocenters. The van der Waals surface area contributed by atoms with E-state index in [9.17, 15) is 9.59 Å². The van der Waals surface area contributed by atoms with Crippen LogP contribution in [0.4, 0.5) is 10.7 Å². The number of esters is 1. The van der Waals surface area contributed by atoms with Gasteiger partial charge in [0.2, 0.25) is 0 Å². The summed E-state index contributed by atoms with van der Waals surface area (Å²) in [5, 5.41) is 4.38. The quantitative estimate of drug-likeness (QED) is 0.420. The Hall–Kier alpha value is -2.45. The Balaban J connectivity index is 1.49. The molecule has 3 N–H and O–H groups in total. The Morgan fingerprint density at radius 1 is 1.13 bits per heavy atom. The van der Waals surface area contributed by atoms with E-state index >= 15 is 0 Å². The Morgan fingerprint density at radius 3 is 2.81 bits per heavy atom. The monoisotopic (exact) mass is 455 g/mol. The molecule has 3 aromatic heterocycles. The minimum atomic E-state index is -0.369. The number of rotatable bonds is 4. The van der Waals surface area contributed by atoms with Gasteiger partial charge in [-0.05, 0) is 69.1 Å². The zero-order chi connectivity index (χ0) is 21.5. The third-order valence-electron chi connectivity index (χ3n) is 6.08. The number of hydrogen-bond acceptors (Lipinski definition) is 7. The van der Waals surface area contributed by atoms with Gasteiger partial charge in [0, 0.05) is 16.0 Å². The second-order valence-corrected chi connectivity index (χ2v) is 10.2. The summed E-state index contributed by atoms with van der Waals surface area (Å²) in [6, 6.07) is 2.12. The van der Waals surface area contributed by atoms with Crippen LogP contribution in [0.1, 0.15) is 74.3 Å². The molecular formula is C23H25N3O3S2. The third-order valence-corrected chi connectivity index (χ3v) is 8.40. The van der Waals surface area contributed by atoms with E-state index in [1.807, 2.05) is 0 Å². The summed E-state index contributed by atoms with van der Waals surface area (Å²) >= 11 is 2.80. The highest BCUT2D eigenvalue weighted by molar-refractivity contribution is 7.21. The van der Waals surface area contributed by atoms with Gasteiger partial charge in [-0.3, -0.25) is 4.79 Å². The Morgan fingerprint density at radius 2 is 1.97 bits per heavy atom. The number of fused-ring (bicyclic) bond motifs is 3. The first-order valence-electron chi connectivity index (χ1n) is 10.9. The lowest BCUT2D eigenvalue weighted by Crippen LogP contribution is -2.15. The fourth-order valence-electron chi connectivity index (χ4n) is 4.58. The van der Waals surface area contributed by atoms with E-state index in [2.05, 4.69) is 11.4 Å². The number of pyridine rings is 1. The Labute approximate surface area is 188 Å². The van der Waals surface area contributed by atoms with Gasteiger partial charge >= 0.3 is 5.97 Å². The molecule has 6 nitrogen and oxygen atoms in total. The van der Waals surface area contributed by atoms with Gasteiger partial charge < -0.3 is 15.8 Å². The molecule has 0 spiro atoms. The smallest absolute Gasteiger partial charge is 0.341 e. The van der Waals surface area contributed by atoms with Crippen LogP contribution in [0, 0.1) is 0 Å². The van der Waals surface area contributed by atoms with Crippen molar-refractivity contribution in [3.05, 3.63) is 38.2 Å². The SMILES string of the molecule is CCOC(=O)c1c(NC(=O)c2sc3nc4c(cc3c2N)CCCCC4)sc2c1CCC2. The highest BCUT2D eigenvalue weighted by Crippen LogP contribution is 2.41. The zero-order valence-corrected chi connectivity index (χ0v) is 19.1. The van der Waals surface area contributed by atoms with E-state index in [4.69, 9.17) is 15.5 Å². The fourth-order valence-corrected chi connectivity index (χ4v) is 6.84. The van der Waals surface area contributed by atoms with Crippen LogP contribution >= 0.6 is 22.7 Å². The number of nitrogens with two attached hydrogens (primary N) is 1. The van der Waals surface area contributed by atoms with Crippen molar-refractivity contribution in [3.63, 3.8) is 0 Å². The van der Waals surface area contributed by atoms with Gasteiger partial charge in [0.25, 0.3) is 5.91 Å². The molecule has 0 radical (unpaired) electrons. The second-order valence-electron chi connectivity index (χ2n) is 8.09. The normalized spacial score (nSPS) is 15.4. The number of aryl methyl sites for hydroxylation is 3. The zero-order valence-electron chi connectivity index (χ0n) is 17.5. The number of thiophene rings is 2. The third kappa shape index (κ3) is 3.61. The van der Waals surface area contributed by atoms with Crippen molar-refractivity contribution in [2.24, 2.45) is 0 Å². The van der Waals surface area contributed by atoms with Crippen LogP contribution in [0.2, 0.25) is 0 Å². The lowest BCUT2D eigenvalue weighted by atomic mass is 10.1. The first kappa shape index (κ1) is 20.5. The summed E-state index contributed by atoms with van der Waals surface area (Å²) in [5.74, 6) is -0.659. The minimum absolute atomic E-state index is 0.291. The highest BCUT2D eigenvalue weighted by Gasteiger charge is 2.29. The van der Waals surface area contributed by atoms with Crippen LogP contribution in [0.5, 0.6) is 0 Å². The molecule has 0 unspecified atom stereocenters. The molecule has 8 heteroatoms. The highest BCUT2D eigenvalue weighted by atomic mass is 32.1. The average molecular weight is 456 g/mol. The first-order valence-corrected chi connectivity index (χ1v) is 12.5. The van der Waals surface area contributed by atoms with Crippen LogP contribution in [0.3, 0.4) is 0 Å². The summed E-state index contributed by atoms with van der Waals surface area (Å²) < 4.78 is 5.26. The predicted octanol–water partition coefficient (Wildman–Crippen LogP) is 5.13. The van der Waals surface area contributed by atoms with E-state index in [-0.39, 0.29) is 11.9 Å². The van der Waals surface area contributed by atoms with E-state index in [1.54, 1.807) is 6.92 Å². The van der Waals surface area contributed by atoms with Gasteiger partial charge in [0.05, 0.1) is 17.9 Å². The standard InChI is InChI=1S/C23H25N3O3S2/c1-2-29-23(28)17-13-8-6-10-16(13)30-22(17)26-20(27)19-18(24)14-11-12-7-4-3-5-9-15(12)25-21(14)31-19/h11H,2-10,24H2,1H3,(H,26,27). The summed E-state index contributed by atoms with van der Waals surface area (Å²) in [5.41, 5.74) is 10.8. The van der Waals surface area contributed by atoms with Crippen molar-refractivity contribution < 1.29 is 14.3 Å². The number of nitrogen functional groups attached to an aromatic ring is 1. The van der Waals surface area contributed by atoms with Gasteiger partial charge in [-0.1, -0.05) is 6.42 Å². The minimum Gasteiger partial charge on any atom is -0.462 e. The summed E-state index contributed by atoms with van der Waals surface area (Å²) in [6.45, 7) is 2.09. The van der Waals surface area contributed by atoms with E-state index in [1.165, 1.54) is 34.7 Å². The van der Waals surface area contributed by atoms with E-state index in [0.717, 1.165) is 71.3 Å². The number of ether oxygens (including phenoxy) is 1. The maximum Gasteiger partial charge on any atom is 0.341 e. The Bertz CT molecular complexity index is 1190. The molecule has 0 saturated heterocycles. The fraction of sp³-hybridized carbons (Fsp3) is 0.435. The first-order chi connectivity index (χ1) is 15.1. The second kappa shape index (κ2) is 8.24. The Kier molecular flexibility index (Phi) is 5.44. The predicted molar refractivity (Wildman–Crippen MR) is 126 cm³/mol.